The molecule has 8 nitrogen and oxygen atoms in total. The SMILES string of the molecule is Cc1nc2n(n1)C1(n3nc(C(F)(F)F)nc3-c3cc4cc(C(C)(C)C)ccc4c[n+]31)[n+]1ccc(C(C)(C)C)cc1-2. The summed E-state index contributed by atoms with van der Waals surface area (Å²) in [5.74, 6) is -1.50. The van der Waals surface area contributed by atoms with Gasteiger partial charge in [-0.15, -0.1) is 10.2 Å². The number of pyridine rings is 2. The number of nitrogens with zero attached hydrogens (tertiary/aromatic N) is 8. The van der Waals surface area contributed by atoms with Gasteiger partial charge < -0.3 is 0 Å². The average Bonchev–Trinajstić information content (AvgIpc) is 3.57. The van der Waals surface area contributed by atoms with Gasteiger partial charge in [0.2, 0.25) is 11.6 Å². The van der Waals surface area contributed by atoms with Crippen LogP contribution in [0, 0.1) is 6.92 Å². The molecular weight excluding hydrogens is 517 g/mol. The lowest BCUT2D eigenvalue weighted by Crippen LogP contribution is -2.77. The van der Waals surface area contributed by atoms with Crippen molar-refractivity contribution in [2.75, 3.05) is 0 Å². The summed E-state index contributed by atoms with van der Waals surface area (Å²) >= 11 is 0. The Hall–Kier alpha value is -4.15. The van der Waals surface area contributed by atoms with Gasteiger partial charge in [-0.3, -0.25) is 0 Å². The van der Waals surface area contributed by atoms with Crippen LogP contribution in [0.15, 0.2) is 48.8 Å². The minimum atomic E-state index is -4.72. The van der Waals surface area contributed by atoms with E-state index in [9.17, 15) is 13.2 Å². The van der Waals surface area contributed by atoms with Gasteiger partial charge in [0.1, 0.15) is 5.82 Å². The Balaban J connectivity index is 1.61. The molecule has 0 amide bonds. The summed E-state index contributed by atoms with van der Waals surface area (Å²) in [6.07, 6.45) is -0.889. The van der Waals surface area contributed by atoms with E-state index in [-0.39, 0.29) is 16.7 Å². The van der Waals surface area contributed by atoms with Crippen LogP contribution < -0.4 is 9.13 Å². The number of benzene rings is 1. The highest BCUT2D eigenvalue weighted by Crippen LogP contribution is 2.40. The number of fused-ring (bicyclic) bond motifs is 11. The van der Waals surface area contributed by atoms with E-state index in [4.69, 9.17) is 10.1 Å². The summed E-state index contributed by atoms with van der Waals surface area (Å²) in [4.78, 5) is 8.75. The first kappa shape index (κ1) is 24.9. The standard InChI is InChI=1S/C29H29F3N8/c1-16-33-23-22-14-20(27(5,6)7)10-11-37(22)29(39(23)35-16)38-15-17-8-9-19(26(2,3)4)12-18(17)13-21(38)24-34-25(28(30,31)32)36-40(24)29/h8-15H,1-7H3/q+2. The maximum Gasteiger partial charge on any atom is 0.586 e. The third-order valence-corrected chi connectivity index (χ3v) is 7.84. The molecule has 2 aliphatic heterocycles. The van der Waals surface area contributed by atoms with E-state index in [2.05, 4.69) is 63.8 Å². The van der Waals surface area contributed by atoms with E-state index >= 15 is 0 Å². The molecule has 1 atom stereocenters. The summed E-state index contributed by atoms with van der Waals surface area (Å²) in [5, 5.41) is 10.6. The Kier molecular flexibility index (Phi) is 4.55. The summed E-state index contributed by atoms with van der Waals surface area (Å²) in [6.45, 7) is 14.5. The fourth-order valence-corrected chi connectivity index (χ4v) is 5.74. The van der Waals surface area contributed by atoms with Crippen LogP contribution in [0.1, 0.15) is 64.3 Å². The maximum atomic E-state index is 14.0. The number of aryl methyl sites for hydroxylation is 1. The first-order valence-electron chi connectivity index (χ1n) is 13.2. The molecule has 5 aromatic rings. The number of halogens is 3. The molecule has 0 aliphatic carbocycles. The van der Waals surface area contributed by atoms with Crippen LogP contribution >= 0.6 is 0 Å². The normalized spacial score (nSPS) is 17.9. The van der Waals surface area contributed by atoms with E-state index in [1.807, 2.05) is 45.8 Å². The molecule has 0 N–H and O–H groups in total. The van der Waals surface area contributed by atoms with Crippen molar-refractivity contribution in [1.29, 1.82) is 0 Å². The van der Waals surface area contributed by atoms with Gasteiger partial charge in [-0.25, -0.2) is 4.98 Å². The second kappa shape index (κ2) is 7.32. The topological polar surface area (TPSA) is 69.2 Å². The van der Waals surface area contributed by atoms with Crippen molar-refractivity contribution in [3.05, 3.63) is 71.6 Å². The number of hydrogen-bond donors (Lipinski definition) is 0. The molecule has 1 spiro atoms. The minimum absolute atomic E-state index is 0.0940. The molecule has 0 bridgehead atoms. The molecule has 1 aromatic carbocycles. The number of rotatable bonds is 0. The zero-order chi connectivity index (χ0) is 28.6. The number of alkyl halides is 3. The first-order valence-corrected chi connectivity index (χ1v) is 13.2. The fraction of sp³-hybridized carbons (Fsp3) is 0.379. The molecule has 204 valence electrons. The average molecular weight is 547 g/mol. The summed E-state index contributed by atoms with van der Waals surface area (Å²) < 4.78 is 48.9. The lowest BCUT2D eigenvalue weighted by molar-refractivity contribution is -0.990. The van der Waals surface area contributed by atoms with Gasteiger partial charge in [-0.1, -0.05) is 72.2 Å². The van der Waals surface area contributed by atoms with Gasteiger partial charge in [0.05, 0.1) is 0 Å². The zero-order valence-corrected chi connectivity index (χ0v) is 23.3. The monoisotopic (exact) mass is 546 g/mol. The van der Waals surface area contributed by atoms with Crippen molar-refractivity contribution in [2.45, 2.75) is 71.4 Å². The van der Waals surface area contributed by atoms with Gasteiger partial charge in [-0.2, -0.15) is 18.2 Å². The predicted molar refractivity (Wildman–Crippen MR) is 140 cm³/mol. The number of hydrogen-bond acceptors (Lipinski definition) is 4. The van der Waals surface area contributed by atoms with E-state index in [1.165, 1.54) is 4.68 Å². The van der Waals surface area contributed by atoms with Gasteiger partial charge in [0, 0.05) is 23.6 Å². The molecule has 0 saturated carbocycles. The van der Waals surface area contributed by atoms with Crippen LogP contribution in [-0.4, -0.2) is 29.5 Å². The molecule has 6 heterocycles. The third kappa shape index (κ3) is 3.14. The Morgan fingerprint density at radius 1 is 0.725 bits per heavy atom. The van der Waals surface area contributed by atoms with Gasteiger partial charge in [-0.05, 0) is 40.3 Å². The van der Waals surface area contributed by atoms with Crippen LogP contribution in [0.3, 0.4) is 0 Å². The highest BCUT2D eigenvalue weighted by molar-refractivity contribution is 5.84. The summed E-state index contributed by atoms with van der Waals surface area (Å²) in [7, 11) is 0. The van der Waals surface area contributed by atoms with Gasteiger partial charge in [0.15, 0.2) is 12.4 Å². The molecule has 40 heavy (non-hydrogen) atoms. The Morgan fingerprint density at radius 2 is 1.35 bits per heavy atom. The maximum absolute atomic E-state index is 14.0. The zero-order valence-electron chi connectivity index (χ0n) is 23.3. The largest absolute Gasteiger partial charge is 0.586 e. The molecule has 0 radical (unpaired) electrons. The summed E-state index contributed by atoms with van der Waals surface area (Å²) in [6, 6.07) is 12.1. The predicted octanol–water partition coefficient (Wildman–Crippen LogP) is 4.69. The molecule has 1 unspecified atom stereocenters. The minimum Gasteiger partial charge on any atom is -0.206 e. The molecule has 2 aliphatic rings. The lowest BCUT2D eigenvalue weighted by Gasteiger charge is -2.20. The quantitative estimate of drug-likeness (QED) is 0.259. The summed E-state index contributed by atoms with van der Waals surface area (Å²) in [5.41, 5.74) is 3.17. The van der Waals surface area contributed by atoms with E-state index < -0.39 is 17.9 Å². The van der Waals surface area contributed by atoms with Crippen LogP contribution in [0.5, 0.6) is 0 Å². The first-order chi connectivity index (χ1) is 18.6. The Morgan fingerprint density at radius 3 is 2.02 bits per heavy atom. The number of aromatic nitrogens is 8. The molecule has 7 rings (SSSR count). The van der Waals surface area contributed by atoms with E-state index in [1.54, 1.807) is 11.6 Å². The van der Waals surface area contributed by atoms with Crippen LogP contribution in [-0.2, 0) is 22.9 Å². The smallest absolute Gasteiger partial charge is 0.206 e. The van der Waals surface area contributed by atoms with Crippen molar-refractivity contribution < 1.29 is 22.3 Å². The van der Waals surface area contributed by atoms with Crippen molar-refractivity contribution in [2.24, 2.45) is 0 Å². The van der Waals surface area contributed by atoms with Crippen molar-refractivity contribution >= 4 is 10.8 Å². The third-order valence-electron chi connectivity index (χ3n) is 7.84. The van der Waals surface area contributed by atoms with Gasteiger partial charge in [0.25, 0.3) is 17.2 Å². The second-order valence-electron chi connectivity index (χ2n) is 12.7. The Bertz CT molecular complexity index is 1880. The van der Waals surface area contributed by atoms with E-state index in [0.29, 0.717) is 17.3 Å². The molecule has 0 saturated heterocycles. The molecule has 0 fully saturated rings. The van der Waals surface area contributed by atoms with Crippen molar-refractivity contribution in [3.8, 4) is 23.0 Å². The Labute approximate surface area is 228 Å². The second-order valence-corrected chi connectivity index (χ2v) is 12.7. The molecule has 4 aromatic heterocycles. The van der Waals surface area contributed by atoms with Crippen LogP contribution in [0.2, 0.25) is 0 Å². The highest BCUT2D eigenvalue weighted by atomic mass is 19.4. The van der Waals surface area contributed by atoms with Crippen LogP contribution in [0.25, 0.3) is 33.8 Å². The van der Waals surface area contributed by atoms with Crippen molar-refractivity contribution in [1.82, 2.24) is 29.5 Å². The highest BCUT2D eigenvalue weighted by Gasteiger charge is 2.71. The lowest BCUT2D eigenvalue weighted by atomic mass is 9.86. The van der Waals surface area contributed by atoms with Gasteiger partial charge >= 0.3 is 12.1 Å². The molecule has 11 heteroatoms. The molecular formula is C29H29F3N8+2. The fourth-order valence-electron chi connectivity index (χ4n) is 5.74. The van der Waals surface area contributed by atoms with E-state index in [0.717, 1.165) is 27.6 Å². The van der Waals surface area contributed by atoms with Crippen molar-refractivity contribution in [3.63, 3.8) is 0 Å². The van der Waals surface area contributed by atoms with Crippen LogP contribution in [0.4, 0.5) is 13.2 Å².